The summed E-state index contributed by atoms with van der Waals surface area (Å²) >= 11 is 0. The molecule has 1 aromatic heterocycles. The van der Waals surface area contributed by atoms with Crippen LogP contribution in [-0.4, -0.2) is 36.1 Å². The summed E-state index contributed by atoms with van der Waals surface area (Å²) in [6.07, 6.45) is 3.60. The normalized spacial score (nSPS) is 14.7. The second kappa shape index (κ2) is 5.82. The molecule has 0 aliphatic heterocycles. The van der Waals surface area contributed by atoms with Crippen LogP contribution in [0.1, 0.15) is 25.1 Å². The van der Waals surface area contributed by atoms with Gasteiger partial charge in [-0.15, -0.1) is 0 Å². The first-order valence-electron chi connectivity index (χ1n) is 6.28. The third kappa shape index (κ3) is 4.19. The summed E-state index contributed by atoms with van der Waals surface area (Å²) < 4.78 is 0. The van der Waals surface area contributed by atoms with Crippen molar-refractivity contribution in [3.8, 4) is 0 Å². The fraction of sp³-hybridized carbons (Fsp3) is 0.667. The molecule has 1 fully saturated rings. The molecular weight excluding hydrogens is 214 g/mol. The molecule has 1 aliphatic rings. The molecule has 1 saturated carbocycles. The van der Waals surface area contributed by atoms with Crippen molar-refractivity contribution in [1.82, 2.24) is 15.3 Å². The van der Waals surface area contributed by atoms with Gasteiger partial charge in [-0.2, -0.15) is 0 Å². The Labute approximate surface area is 102 Å². The van der Waals surface area contributed by atoms with Crippen molar-refractivity contribution in [2.24, 2.45) is 0 Å². The number of aromatic nitrogens is 2. The number of aryl methyl sites for hydroxylation is 1. The van der Waals surface area contributed by atoms with Crippen LogP contribution in [-0.2, 0) is 0 Å². The average Bonchev–Trinajstić information content (AvgIpc) is 3.07. The number of nitrogens with zero attached hydrogens (tertiary/aromatic N) is 2. The van der Waals surface area contributed by atoms with Gasteiger partial charge in [-0.3, -0.25) is 0 Å². The summed E-state index contributed by atoms with van der Waals surface area (Å²) in [4.78, 5) is 8.76. The Kier molecular flexibility index (Phi) is 4.14. The smallest absolute Gasteiger partial charge is 0.132 e. The van der Waals surface area contributed by atoms with Gasteiger partial charge < -0.3 is 16.0 Å². The summed E-state index contributed by atoms with van der Waals surface area (Å²) in [5.74, 6) is 2.67. The highest BCUT2D eigenvalue weighted by molar-refractivity contribution is 5.48. The predicted molar refractivity (Wildman–Crippen MR) is 70.4 cm³/mol. The standard InChI is InChI=1S/C12H21N5/c1-9-15-11(14-7-3-6-13-2)8-12(16-9)17-10-4-5-10/h8,10,13H,3-7H2,1-2H3,(H2,14,15,16,17). The van der Waals surface area contributed by atoms with E-state index in [9.17, 15) is 0 Å². The zero-order chi connectivity index (χ0) is 12.1. The fourth-order valence-corrected chi connectivity index (χ4v) is 1.65. The molecule has 2 rings (SSSR count). The van der Waals surface area contributed by atoms with Crippen molar-refractivity contribution >= 4 is 11.6 Å². The predicted octanol–water partition coefficient (Wildman–Crippen LogP) is 1.38. The van der Waals surface area contributed by atoms with E-state index in [0.29, 0.717) is 6.04 Å². The first-order valence-corrected chi connectivity index (χ1v) is 6.28. The maximum absolute atomic E-state index is 4.38. The van der Waals surface area contributed by atoms with Crippen LogP contribution < -0.4 is 16.0 Å². The van der Waals surface area contributed by atoms with Gasteiger partial charge in [0.2, 0.25) is 0 Å². The Morgan fingerprint density at radius 3 is 2.71 bits per heavy atom. The van der Waals surface area contributed by atoms with Crippen molar-refractivity contribution < 1.29 is 0 Å². The van der Waals surface area contributed by atoms with Crippen LogP contribution >= 0.6 is 0 Å². The zero-order valence-corrected chi connectivity index (χ0v) is 10.6. The largest absolute Gasteiger partial charge is 0.370 e. The Morgan fingerprint density at radius 2 is 2.00 bits per heavy atom. The highest BCUT2D eigenvalue weighted by Crippen LogP contribution is 2.24. The molecule has 5 heteroatoms. The van der Waals surface area contributed by atoms with Gasteiger partial charge in [-0.1, -0.05) is 0 Å². The Hall–Kier alpha value is -1.36. The molecule has 0 amide bonds. The van der Waals surface area contributed by atoms with E-state index in [1.54, 1.807) is 0 Å². The number of anilines is 2. The van der Waals surface area contributed by atoms with Gasteiger partial charge >= 0.3 is 0 Å². The van der Waals surface area contributed by atoms with Crippen molar-refractivity contribution in [2.45, 2.75) is 32.2 Å². The number of rotatable bonds is 7. The first-order chi connectivity index (χ1) is 8.28. The van der Waals surface area contributed by atoms with Gasteiger partial charge in [0.25, 0.3) is 0 Å². The van der Waals surface area contributed by atoms with Crippen LogP contribution in [0.5, 0.6) is 0 Å². The lowest BCUT2D eigenvalue weighted by molar-refractivity contribution is 0.746. The second-order valence-electron chi connectivity index (χ2n) is 4.49. The molecule has 0 radical (unpaired) electrons. The molecule has 0 saturated heterocycles. The van der Waals surface area contributed by atoms with E-state index in [1.807, 2.05) is 20.0 Å². The van der Waals surface area contributed by atoms with Gasteiger partial charge in [-0.25, -0.2) is 9.97 Å². The molecule has 1 heterocycles. The molecule has 94 valence electrons. The first kappa shape index (κ1) is 12.1. The summed E-state index contributed by atoms with van der Waals surface area (Å²) in [5, 5.41) is 9.84. The van der Waals surface area contributed by atoms with E-state index in [2.05, 4.69) is 25.9 Å². The SMILES string of the molecule is CNCCCNc1cc(NC2CC2)nc(C)n1. The van der Waals surface area contributed by atoms with Crippen molar-refractivity contribution in [3.05, 3.63) is 11.9 Å². The third-order valence-corrected chi connectivity index (χ3v) is 2.68. The van der Waals surface area contributed by atoms with E-state index in [4.69, 9.17) is 0 Å². The summed E-state index contributed by atoms with van der Waals surface area (Å²) in [5.41, 5.74) is 0. The molecule has 17 heavy (non-hydrogen) atoms. The molecule has 0 unspecified atom stereocenters. The van der Waals surface area contributed by atoms with E-state index in [0.717, 1.165) is 37.0 Å². The Bertz CT molecular complexity index is 362. The van der Waals surface area contributed by atoms with E-state index >= 15 is 0 Å². The van der Waals surface area contributed by atoms with Crippen LogP contribution in [0.4, 0.5) is 11.6 Å². The lowest BCUT2D eigenvalue weighted by atomic mass is 10.4. The summed E-state index contributed by atoms with van der Waals surface area (Å²) in [7, 11) is 1.96. The molecule has 5 nitrogen and oxygen atoms in total. The van der Waals surface area contributed by atoms with Crippen molar-refractivity contribution in [1.29, 1.82) is 0 Å². The molecular formula is C12H21N5. The van der Waals surface area contributed by atoms with Gasteiger partial charge in [0.15, 0.2) is 0 Å². The summed E-state index contributed by atoms with van der Waals surface area (Å²) in [6.45, 7) is 3.88. The minimum atomic E-state index is 0.626. The van der Waals surface area contributed by atoms with Crippen molar-refractivity contribution in [2.75, 3.05) is 30.8 Å². The van der Waals surface area contributed by atoms with Crippen LogP contribution in [0.3, 0.4) is 0 Å². The lowest BCUT2D eigenvalue weighted by Gasteiger charge is -2.09. The number of hydrogen-bond donors (Lipinski definition) is 3. The highest BCUT2D eigenvalue weighted by Gasteiger charge is 2.21. The number of hydrogen-bond acceptors (Lipinski definition) is 5. The molecule has 3 N–H and O–H groups in total. The van der Waals surface area contributed by atoms with E-state index in [1.165, 1.54) is 12.8 Å². The maximum Gasteiger partial charge on any atom is 0.132 e. The van der Waals surface area contributed by atoms with Crippen LogP contribution in [0.25, 0.3) is 0 Å². The molecule has 1 aromatic rings. The lowest BCUT2D eigenvalue weighted by Crippen LogP contribution is -2.14. The van der Waals surface area contributed by atoms with Gasteiger partial charge in [0.1, 0.15) is 17.5 Å². The van der Waals surface area contributed by atoms with Crippen LogP contribution in [0.15, 0.2) is 6.07 Å². The van der Waals surface area contributed by atoms with Crippen LogP contribution in [0.2, 0.25) is 0 Å². The molecule has 1 aliphatic carbocycles. The average molecular weight is 235 g/mol. The van der Waals surface area contributed by atoms with E-state index in [-0.39, 0.29) is 0 Å². The third-order valence-electron chi connectivity index (χ3n) is 2.68. The monoisotopic (exact) mass is 235 g/mol. The Balaban J connectivity index is 1.88. The minimum absolute atomic E-state index is 0.626. The quantitative estimate of drug-likeness (QED) is 0.623. The molecule has 0 atom stereocenters. The fourth-order valence-electron chi connectivity index (χ4n) is 1.65. The highest BCUT2D eigenvalue weighted by atomic mass is 15.1. The molecule has 0 aromatic carbocycles. The number of nitrogens with one attached hydrogen (secondary N) is 3. The minimum Gasteiger partial charge on any atom is -0.370 e. The van der Waals surface area contributed by atoms with Crippen LogP contribution in [0, 0.1) is 6.92 Å². The molecule has 0 bridgehead atoms. The van der Waals surface area contributed by atoms with Crippen molar-refractivity contribution in [3.63, 3.8) is 0 Å². The Morgan fingerprint density at radius 1 is 1.24 bits per heavy atom. The van der Waals surface area contributed by atoms with Gasteiger partial charge in [0, 0.05) is 18.7 Å². The summed E-state index contributed by atoms with van der Waals surface area (Å²) in [6, 6.07) is 2.62. The second-order valence-corrected chi connectivity index (χ2v) is 4.49. The zero-order valence-electron chi connectivity index (χ0n) is 10.6. The van der Waals surface area contributed by atoms with Gasteiger partial charge in [-0.05, 0) is 39.8 Å². The maximum atomic E-state index is 4.38. The van der Waals surface area contributed by atoms with E-state index < -0.39 is 0 Å². The van der Waals surface area contributed by atoms with Gasteiger partial charge in [0.05, 0.1) is 0 Å². The topological polar surface area (TPSA) is 61.9 Å². The molecule has 0 spiro atoms.